The highest BCUT2D eigenvalue weighted by Gasteiger charge is 2.30. The van der Waals surface area contributed by atoms with E-state index >= 15 is 0 Å². The molecule has 0 unspecified atom stereocenters. The maximum absolute atomic E-state index is 13.1. The van der Waals surface area contributed by atoms with Gasteiger partial charge in [0.1, 0.15) is 11.6 Å². The zero-order chi connectivity index (χ0) is 63.3. The summed E-state index contributed by atoms with van der Waals surface area (Å²) in [5.74, 6) is -2.59. The number of aromatic hydroxyl groups is 1. The standard InChI is InChI=1S/C63H63N3O/c1-40(2)41-25-27-44(28-26-41)46-31-32-64-55(37-46)49-34-47(43-21-16-13-17-22-43)33-48(35-49)51-23-18-24-57-58(51)65-60(52-38-50(61(3,4)5)39-54(59(52)67)63(9,10)11)66(57)56-30-29-45(36-53(56)62(6,7)8)42-19-14-12-15-20-42/h12-40,67H,1-11H3/i3D3,4D3,5D3,9D3,10D3,11D3,40D. The number of aromatic nitrogens is 3. The number of phenols is 1. The minimum absolute atomic E-state index is 0.165. The lowest BCUT2D eigenvalue weighted by Gasteiger charge is -2.28. The molecule has 2 aromatic heterocycles. The van der Waals surface area contributed by atoms with Crippen LogP contribution in [-0.2, 0) is 16.2 Å². The molecule has 67 heavy (non-hydrogen) atoms. The molecule has 0 amide bonds. The quantitative estimate of drug-likeness (QED) is 0.165. The second-order valence-corrected chi connectivity index (χ2v) is 18.4. The van der Waals surface area contributed by atoms with Crippen LogP contribution in [0.25, 0.3) is 83.9 Å². The first kappa shape index (κ1) is 27.6. The van der Waals surface area contributed by atoms with Crippen molar-refractivity contribution in [3.05, 3.63) is 192 Å². The van der Waals surface area contributed by atoms with E-state index in [1.54, 1.807) is 35.0 Å². The molecule has 2 heterocycles. The van der Waals surface area contributed by atoms with E-state index in [0.29, 0.717) is 39.7 Å². The molecule has 0 saturated carbocycles. The summed E-state index contributed by atoms with van der Waals surface area (Å²) in [4.78, 5) is 10.1. The highest BCUT2D eigenvalue weighted by atomic mass is 16.3. The number of rotatable bonds is 8. The number of hydrogen-bond donors (Lipinski definition) is 1. The van der Waals surface area contributed by atoms with Crippen LogP contribution in [0.4, 0.5) is 0 Å². The fraction of sp³-hybridized carbons (Fsp3) is 0.238. The number of pyridine rings is 1. The van der Waals surface area contributed by atoms with Crippen molar-refractivity contribution in [1.82, 2.24) is 14.5 Å². The van der Waals surface area contributed by atoms with E-state index in [4.69, 9.17) is 36.0 Å². The minimum Gasteiger partial charge on any atom is -0.507 e. The lowest BCUT2D eigenvalue weighted by molar-refractivity contribution is 0.446. The Hall–Kier alpha value is -7.04. The number of fused-ring (bicyclic) bond motifs is 1. The summed E-state index contributed by atoms with van der Waals surface area (Å²) in [5.41, 5.74) is -3.03. The Morgan fingerprint density at radius 2 is 1.13 bits per heavy atom. The highest BCUT2D eigenvalue weighted by molar-refractivity contribution is 5.98. The van der Waals surface area contributed by atoms with E-state index in [9.17, 15) is 5.11 Å². The zero-order valence-corrected chi connectivity index (χ0v) is 38.0. The van der Waals surface area contributed by atoms with Crippen LogP contribution in [0.2, 0.25) is 0 Å². The molecule has 0 aliphatic heterocycles. The average molecular weight is 897 g/mol. The molecule has 0 aliphatic carbocycles. The number of benzene rings is 7. The Morgan fingerprint density at radius 1 is 0.522 bits per heavy atom. The van der Waals surface area contributed by atoms with Gasteiger partial charge in [-0.2, -0.15) is 0 Å². The molecular weight excluding hydrogens is 815 g/mol. The zero-order valence-electron chi connectivity index (χ0n) is 57.0. The lowest BCUT2D eigenvalue weighted by atomic mass is 9.78. The van der Waals surface area contributed by atoms with E-state index in [0.717, 1.165) is 45.0 Å². The monoisotopic (exact) mass is 897 g/mol. The van der Waals surface area contributed by atoms with Crippen molar-refractivity contribution in [1.29, 1.82) is 0 Å². The summed E-state index contributed by atoms with van der Waals surface area (Å²) in [6, 6.07) is 48.1. The van der Waals surface area contributed by atoms with Crippen LogP contribution in [0, 0.1) is 0 Å². The fourth-order valence-electron chi connectivity index (χ4n) is 8.70. The third-order valence-corrected chi connectivity index (χ3v) is 12.2. The van der Waals surface area contributed by atoms with E-state index in [1.165, 1.54) is 0 Å². The number of nitrogens with zero attached hydrogens (tertiary/aromatic N) is 3. The topological polar surface area (TPSA) is 50.9 Å². The fourth-order valence-corrected chi connectivity index (χ4v) is 8.70. The van der Waals surface area contributed by atoms with Gasteiger partial charge in [-0.05, 0) is 132 Å². The molecule has 0 fully saturated rings. The normalized spacial score (nSPS) is 17.8. The van der Waals surface area contributed by atoms with Crippen LogP contribution in [0.1, 0.15) is 130 Å². The number of para-hydroxylation sites is 1. The molecule has 0 saturated heterocycles. The summed E-state index contributed by atoms with van der Waals surface area (Å²) >= 11 is 0. The molecule has 1 N–H and O–H groups in total. The van der Waals surface area contributed by atoms with Crippen LogP contribution in [0.15, 0.2) is 170 Å². The molecule has 0 aliphatic rings. The molecule has 0 bridgehead atoms. The maximum Gasteiger partial charge on any atom is 0.149 e. The number of imidazole rings is 1. The molecule has 7 aromatic carbocycles. The average Bonchev–Trinajstić information content (AvgIpc) is 0.768. The van der Waals surface area contributed by atoms with Gasteiger partial charge in [0.25, 0.3) is 0 Å². The Kier molecular flexibility index (Phi) is 7.12. The maximum atomic E-state index is 13.1. The van der Waals surface area contributed by atoms with Crippen molar-refractivity contribution in [2.24, 2.45) is 0 Å². The number of phenolic OH excluding ortho intramolecular Hbond substituents is 1. The van der Waals surface area contributed by atoms with Crippen molar-refractivity contribution in [3.8, 4) is 78.6 Å². The van der Waals surface area contributed by atoms with Gasteiger partial charge in [0.15, 0.2) is 0 Å². The van der Waals surface area contributed by atoms with E-state index in [1.807, 2.05) is 162 Å². The Labute approximate surface area is 424 Å². The summed E-state index contributed by atoms with van der Waals surface area (Å²) in [7, 11) is 0. The van der Waals surface area contributed by atoms with Gasteiger partial charge in [-0.25, -0.2) is 4.98 Å². The molecule has 0 radical (unpaired) electrons. The van der Waals surface area contributed by atoms with Crippen LogP contribution in [-0.4, -0.2) is 19.6 Å². The van der Waals surface area contributed by atoms with Crippen molar-refractivity contribution >= 4 is 11.0 Å². The molecule has 9 rings (SSSR count). The first-order chi connectivity index (χ1) is 39.6. The Balaban J connectivity index is 1.47. The van der Waals surface area contributed by atoms with Crippen LogP contribution in [0.3, 0.4) is 0 Å². The summed E-state index contributed by atoms with van der Waals surface area (Å²) < 4.78 is 169. The van der Waals surface area contributed by atoms with E-state index in [-0.39, 0.29) is 11.0 Å². The third kappa shape index (κ3) is 8.98. The summed E-state index contributed by atoms with van der Waals surface area (Å²) in [5, 5.41) is 13.1. The molecule has 9 aromatic rings. The molecule has 0 atom stereocenters. The van der Waals surface area contributed by atoms with Gasteiger partial charge in [0.2, 0.25) is 0 Å². The van der Waals surface area contributed by atoms with Gasteiger partial charge in [-0.15, -0.1) is 0 Å². The van der Waals surface area contributed by atoms with Gasteiger partial charge >= 0.3 is 0 Å². The Morgan fingerprint density at radius 3 is 1.79 bits per heavy atom. The second kappa shape index (κ2) is 17.3. The lowest BCUT2D eigenvalue weighted by Crippen LogP contribution is -2.18. The van der Waals surface area contributed by atoms with Crippen molar-refractivity contribution in [2.75, 3.05) is 0 Å². The van der Waals surface area contributed by atoms with E-state index < -0.39 is 91.5 Å². The van der Waals surface area contributed by atoms with Gasteiger partial charge in [-0.3, -0.25) is 9.55 Å². The largest absolute Gasteiger partial charge is 0.507 e. The van der Waals surface area contributed by atoms with Crippen LogP contribution in [0.5, 0.6) is 5.75 Å². The van der Waals surface area contributed by atoms with Gasteiger partial charge < -0.3 is 5.11 Å². The van der Waals surface area contributed by atoms with Crippen LogP contribution >= 0.6 is 0 Å². The van der Waals surface area contributed by atoms with Gasteiger partial charge in [0.05, 0.1) is 28.0 Å². The first-order valence-corrected chi connectivity index (χ1v) is 22.0. The molecular formula is C63H63N3O. The molecule has 4 nitrogen and oxygen atoms in total. The van der Waals surface area contributed by atoms with Crippen molar-refractivity contribution in [3.63, 3.8) is 0 Å². The smallest absolute Gasteiger partial charge is 0.149 e. The predicted octanol–water partition coefficient (Wildman–Crippen LogP) is 17.1. The first-order valence-electron chi connectivity index (χ1n) is 31.5. The summed E-state index contributed by atoms with van der Waals surface area (Å²) in [6.45, 7) is -15.2. The molecule has 4 heteroatoms. The Bertz CT molecular complexity index is 3920. The minimum atomic E-state index is -4.15. The van der Waals surface area contributed by atoms with Crippen LogP contribution < -0.4 is 0 Å². The van der Waals surface area contributed by atoms with Crippen molar-refractivity contribution < 1.29 is 31.2 Å². The molecule has 0 spiro atoms. The van der Waals surface area contributed by atoms with E-state index in [2.05, 4.69) is 0 Å². The predicted molar refractivity (Wildman–Crippen MR) is 283 cm³/mol. The van der Waals surface area contributed by atoms with Gasteiger partial charge in [-0.1, -0.05) is 185 Å². The highest BCUT2D eigenvalue weighted by Crippen LogP contribution is 2.46. The SMILES string of the molecule is [2H]C(C)(C)c1ccc(-c2ccnc(-c3cc(-c4ccccc4)cc(-c4cccc5c4nc(-c4cc(C(C([2H])([2H])[2H])(C([2H])([2H])[2H])C([2H])([2H])[2H])cc(C(C([2H])([2H])[2H])(C([2H])([2H])[2H])C([2H])([2H])[2H])c4O)n5-c4ccc(-c5ccccc5)cc4C(C)(C)C)c3)c2)cc1. The van der Waals surface area contributed by atoms with Gasteiger partial charge in [0, 0.05) is 48.9 Å². The van der Waals surface area contributed by atoms with Crippen molar-refractivity contribution in [2.45, 2.75) is 97.9 Å². The molecule has 336 valence electrons. The number of hydrogen-bond acceptors (Lipinski definition) is 3. The second-order valence-electron chi connectivity index (χ2n) is 18.4. The third-order valence-electron chi connectivity index (χ3n) is 12.2. The summed E-state index contributed by atoms with van der Waals surface area (Å²) in [6.07, 6.45) is 1.69.